The summed E-state index contributed by atoms with van der Waals surface area (Å²) >= 11 is 1.70. The van der Waals surface area contributed by atoms with Crippen molar-refractivity contribution in [3.05, 3.63) is 54.4 Å². The van der Waals surface area contributed by atoms with Crippen LogP contribution in [0.1, 0.15) is 5.56 Å². The number of hydrogen-bond donors (Lipinski definition) is 0. The molecular weight excluding hydrogens is 216 g/mol. The van der Waals surface area contributed by atoms with E-state index in [-0.39, 0.29) is 0 Å². The lowest BCUT2D eigenvalue weighted by atomic mass is 10.3. The van der Waals surface area contributed by atoms with Gasteiger partial charge in [0.1, 0.15) is 0 Å². The summed E-state index contributed by atoms with van der Waals surface area (Å²) in [5.74, 6) is 0. The molecule has 2 aromatic rings. The monoisotopic (exact) mass is 228 g/mol. The average Bonchev–Trinajstić information content (AvgIpc) is 2.38. The molecule has 0 aliphatic carbocycles. The van der Waals surface area contributed by atoms with Gasteiger partial charge in [0.15, 0.2) is 0 Å². The van der Waals surface area contributed by atoms with Crippen LogP contribution in [0.25, 0.3) is 0 Å². The van der Waals surface area contributed by atoms with Gasteiger partial charge in [0, 0.05) is 23.5 Å². The minimum absolute atomic E-state index is 1.01. The van der Waals surface area contributed by atoms with Gasteiger partial charge in [-0.15, -0.1) is 11.8 Å². The van der Waals surface area contributed by atoms with E-state index in [9.17, 15) is 0 Å². The number of hydrogen-bond acceptors (Lipinski definition) is 3. The number of aromatic nitrogens is 1. The van der Waals surface area contributed by atoms with Crippen LogP contribution in [-0.4, -0.2) is 17.5 Å². The van der Waals surface area contributed by atoms with Gasteiger partial charge in [-0.05, 0) is 36.1 Å². The quantitative estimate of drug-likeness (QED) is 0.593. The Morgan fingerprint density at radius 1 is 1.12 bits per heavy atom. The molecule has 1 aromatic carbocycles. The number of rotatable bonds is 3. The molecule has 0 saturated carbocycles. The van der Waals surface area contributed by atoms with Gasteiger partial charge in [-0.3, -0.25) is 9.98 Å². The summed E-state index contributed by atoms with van der Waals surface area (Å²) in [4.78, 5) is 9.63. The van der Waals surface area contributed by atoms with Crippen LogP contribution < -0.4 is 0 Å². The fraction of sp³-hybridized carbons (Fsp3) is 0.0769. The molecular formula is C13H12N2S. The molecule has 3 heteroatoms. The van der Waals surface area contributed by atoms with Gasteiger partial charge in [0.25, 0.3) is 0 Å². The molecule has 0 unspecified atom stereocenters. The summed E-state index contributed by atoms with van der Waals surface area (Å²) in [6.07, 6.45) is 7.45. The molecule has 1 heterocycles. The summed E-state index contributed by atoms with van der Waals surface area (Å²) < 4.78 is 0. The highest BCUT2D eigenvalue weighted by molar-refractivity contribution is 7.98. The van der Waals surface area contributed by atoms with Crippen LogP contribution in [-0.2, 0) is 0 Å². The summed E-state index contributed by atoms with van der Waals surface area (Å²) in [6, 6.07) is 12.0. The number of thioether (sulfide) groups is 1. The van der Waals surface area contributed by atoms with Gasteiger partial charge in [-0.25, -0.2) is 0 Å². The topological polar surface area (TPSA) is 25.2 Å². The van der Waals surface area contributed by atoms with E-state index < -0.39 is 0 Å². The molecule has 0 atom stereocenters. The van der Waals surface area contributed by atoms with Crippen LogP contribution in [0.15, 0.2) is 58.7 Å². The van der Waals surface area contributed by atoms with Crippen molar-refractivity contribution < 1.29 is 0 Å². The second kappa shape index (κ2) is 5.47. The maximum Gasteiger partial charge on any atom is 0.0765 e. The lowest BCUT2D eigenvalue weighted by Gasteiger charge is -2.00. The number of aliphatic imine (C=N–C) groups is 1. The highest BCUT2D eigenvalue weighted by Crippen LogP contribution is 2.26. The normalized spacial score (nSPS) is 10.8. The van der Waals surface area contributed by atoms with E-state index in [0.717, 1.165) is 11.3 Å². The number of pyridine rings is 1. The fourth-order valence-electron chi connectivity index (χ4n) is 1.33. The second-order valence-corrected chi connectivity index (χ2v) is 4.06. The second-order valence-electron chi connectivity index (χ2n) is 3.21. The van der Waals surface area contributed by atoms with Crippen molar-refractivity contribution in [2.45, 2.75) is 4.90 Å². The molecule has 0 amide bonds. The van der Waals surface area contributed by atoms with Crippen molar-refractivity contribution in [2.75, 3.05) is 6.26 Å². The smallest absolute Gasteiger partial charge is 0.0765 e. The highest BCUT2D eigenvalue weighted by Gasteiger charge is 1.96. The fourth-order valence-corrected chi connectivity index (χ4v) is 1.87. The average molecular weight is 228 g/mol. The predicted molar refractivity (Wildman–Crippen MR) is 69.7 cm³/mol. The molecule has 2 nitrogen and oxygen atoms in total. The van der Waals surface area contributed by atoms with E-state index in [2.05, 4.69) is 22.3 Å². The Balaban J connectivity index is 2.24. The lowest BCUT2D eigenvalue weighted by molar-refractivity contribution is 1.32. The van der Waals surface area contributed by atoms with Crippen LogP contribution >= 0.6 is 11.8 Å². The summed E-state index contributed by atoms with van der Waals surface area (Å²) in [7, 11) is 0. The van der Waals surface area contributed by atoms with E-state index in [1.807, 2.05) is 36.5 Å². The minimum Gasteiger partial charge on any atom is -0.265 e. The first kappa shape index (κ1) is 10.9. The van der Waals surface area contributed by atoms with Crippen molar-refractivity contribution in [3.63, 3.8) is 0 Å². The van der Waals surface area contributed by atoms with Gasteiger partial charge >= 0.3 is 0 Å². The largest absolute Gasteiger partial charge is 0.265 e. The third-order valence-corrected chi connectivity index (χ3v) is 2.93. The summed E-state index contributed by atoms with van der Waals surface area (Å²) in [5, 5.41) is 0. The Labute approximate surface area is 99.5 Å². The Morgan fingerprint density at radius 2 is 1.88 bits per heavy atom. The first-order valence-electron chi connectivity index (χ1n) is 4.97. The van der Waals surface area contributed by atoms with Gasteiger partial charge in [0.2, 0.25) is 0 Å². The van der Waals surface area contributed by atoms with Crippen LogP contribution in [0.2, 0.25) is 0 Å². The van der Waals surface area contributed by atoms with Crippen LogP contribution in [0.4, 0.5) is 5.69 Å². The number of para-hydroxylation sites is 1. The molecule has 0 saturated heterocycles. The van der Waals surface area contributed by atoms with Crippen LogP contribution in [0, 0.1) is 0 Å². The summed E-state index contributed by atoms with van der Waals surface area (Å²) in [5.41, 5.74) is 2.07. The van der Waals surface area contributed by atoms with Crippen LogP contribution in [0.3, 0.4) is 0 Å². The van der Waals surface area contributed by atoms with Crippen LogP contribution in [0.5, 0.6) is 0 Å². The molecule has 16 heavy (non-hydrogen) atoms. The van der Waals surface area contributed by atoms with Crippen molar-refractivity contribution in [2.24, 2.45) is 4.99 Å². The van der Waals surface area contributed by atoms with E-state index in [1.54, 1.807) is 24.2 Å². The third-order valence-electron chi connectivity index (χ3n) is 2.14. The van der Waals surface area contributed by atoms with E-state index >= 15 is 0 Å². The Bertz CT molecular complexity index is 480. The Hall–Kier alpha value is -1.61. The Kier molecular flexibility index (Phi) is 3.72. The van der Waals surface area contributed by atoms with Crippen molar-refractivity contribution in [1.82, 2.24) is 4.98 Å². The van der Waals surface area contributed by atoms with Gasteiger partial charge in [-0.2, -0.15) is 0 Å². The molecule has 0 spiro atoms. The molecule has 1 aromatic heterocycles. The number of benzene rings is 1. The van der Waals surface area contributed by atoms with Crippen molar-refractivity contribution in [3.8, 4) is 0 Å². The molecule has 80 valence electrons. The zero-order chi connectivity index (χ0) is 11.2. The predicted octanol–water partition coefficient (Wildman–Crippen LogP) is 3.55. The first-order valence-corrected chi connectivity index (χ1v) is 6.20. The molecule has 0 fully saturated rings. The molecule has 2 rings (SSSR count). The van der Waals surface area contributed by atoms with E-state index in [1.165, 1.54) is 4.90 Å². The van der Waals surface area contributed by atoms with Gasteiger partial charge in [-0.1, -0.05) is 12.1 Å². The SMILES string of the molecule is CSc1ccccc1N=Cc1ccncc1. The molecule has 0 bridgehead atoms. The minimum atomic E-state index is 1.01. The number of nitrogens with zero attached hydrogens (tertiary/aromatic N) is 2. The zero-order valence-electron chi connectivity index (χ0n) is 9.00. The van der Waals surface area contributed by atoms with Gasteiger partial charge < -0.3 is 0 Å². The molecule has 0 N–H and O–H groups in total. The maximum atomic E-state index is 4.47. The highest BCUT2D eigenvalue weighted by atomic mass is 32.2. The zero-order valence-corrected chi connectivity index (χ0v) is 9.82. The van der Waals surface area contributed by atoms with E-state index in [4.69, 9.17) is 0 Å². The standard InChI is InChI=1S/C13H12N2S/c1-16-13-5-3-2-4-12(13)15-10-11-6-8-14-9-7-11/h2-10H,1H3. The molecule has 0 aliphatic rings. The molecule has 0 radical (unpaired) electrons. The van der Waals surface area contributed by atoms with Crippen molar-refractivity contribution >= 4 is 23.7 Å². The molecule has 0 aliphatic heterocycles. The first-order chi connectivity index (χ1) is 7.90. The maximum absolute atomic E-state index is 4.47. The van der Waals surface area contributed by atoms with Gasteiger partial charge in [0.05, 0.1) is 5.69 Å². The van der Waals surface area contributed by atoms with Crippen molar-refractivity contribution in [1.29, 1.82) is 0 Å². The Morgan fingerprint density at radius 3 is 2.62 bits per heavy atom. The third kappa shape index (κ3) is 2.70. The van der Waals surface area contributed by atoms with E-state index in [0.29, 0.717) is 0 Å². The lowest BCUT2D eigenvalue weighted by Crippen LogP contribution is -1.80. The summed E-state index contributed by atoms with van der Waals surface area (Å²) in [6.45, 7) is 0.